The minimum absolute atomic E-state index is 0.118. The lowest BCUT2D eigenvalue weighted by molar-refractivity contribution is -0.0558. The van der Waals surface area contributed by atoms with Crippen LogP contribution < -0.4 is 4.74 Å². The van der Waals surface area contributed by atoms with Crippen LogP contribution in [0.2, 0.25) is 0 Å². The molecule has 68 valence electrons. The van der Waals surface area contributed by atoms with Crippen molar-refractivity contribution in [2.75, 3.05) is 0 Å². The van der Waals surface area contributed by atoms with Crippen LogP contribution in [0.5, 0.6) is 5.75 Å². The minimum Gasteiger partial charge on any atom is -0.452 e. The van der Waals surface area contributed by atoms with E-state index in [0.29, 0.717) is 11.3 Å². The average Bonchev–Trinajstić information content (AvgIpc) is 2.02. The monoisotopic (exact) mass is 196 g/mol. The third-order valence-corrected chi connectivity index (χ3v) is 2.10. The number of carbonyl (C=O) groups is 1. The summed E-state index contributed by atoms with van der Waals surface area (Å²) >= 11 is 3.81. The Morgan fingerprint density at radius 3 is 2.92 bits per heavy atom. The third kappa shape index (κ3) is 1.55. The normalized spacial score (nSPS) is 26.5. The van der Waals surface area contributed by atoms with E-state index in [0.717, 1.165) is 0 Å². The van der Waals surface area contributed by atoms with Gasteiger partial charge in [-0.1, -0.05) is 12.1 Å². The molecule has 1 aromatic carbocycles. The molecule has 0 saturated carbocycles. The van der Waals surface area contributed by atoms with E-state index in [9.17, 15) is 9.90 Å². The van der Waals surface area contributed by atoms with E-state index < -0.39 is 5.12 Å². The Bertz CT molecular complexity index is 360. The fourth-order valence-corrected chi connectivity index (χ4v) is 1.54. The molecular weight excluding hydrogens is 188 g/mol. The van der Waals surface area contributed by atoms with Gasteiger partial charge in [0, 0.05) is 0 Å². The molecule has 2 rings (SSSR count). The molecular formula is C9H8O3S. The molecule has 0 aliphatic carbocycles. The quantitative estimate of drug-likeness (QED) is 0.484. The van der Waals surface area contributed by atoms with E-state index in [1.807, 2.05) is 0 Å². The zero-order valence-corrected chi connectivity index (χ0v) is 7.62. The second-order valence-corrected chi connectivity index (χ2v) is 3.64. The molecule has 0 bridgehead atoms. The molecule has 1 aromatic rings. The van der Waals surface area contributed by atoms with E-state index in [-0.39, 0.29) is 12.2 Å². The summed E-state index contributed by atoms with van der Waals surface area (Å²) in [5.74, 6) is 0.232. The Hall–Kier alpha value is -1.00. The lowest BCUT2D eigenvalue weighted by Crippen LogP contribution is -2.36. The second-order valence-electron chi connectivity index (χ2n) is 2.94. The molecule has 0 aromatic heterocycles. The first-order valence-corrected chi connectivity index (χ1v) is 4.29. The van der Waals surface area contributed by atoms with Crippen molar-refractivity contribution >= 4 is 18.4 Å². The number of hydrogen-bond acceptors (Lipinski definition) is 4. The van der Waals surface area contributed by atoms with Crippen LogP contribution in [0, 0.1) is 0 Å². The first kappa shape index (κ1) is 8.59. The van der Waals surface area contributed by atoms with Crippen molar-refractivity contribution in [3.05, 3.63) is 29.8 Å². The average molecular weight is 196 g/mol. The van der Waals surface area contributed by atoms with Crippen molar-refractivity contribution in [3.8, 4) is 5.75 Å². The number of hydrogen-bond donors (Lipinski definition) is 2. The molecule has 13 heavy (non-hydrogen) atoms. The molecule has 0 amide bonds. The summed E-state index contributed by atoms with van der Waals surface area (Å²) in [6.45, 7) is 0. The highest BCUT2D eigenvalue weighted by Gasteiger charge is 2.35. The molecule has 1 heterocycles. The lowest BCUT2D eigenvalue weighted by atomic mass is 10.0. The molecule has 4 heteroatoms. The van der Waals surface area contributed by atoms with Crippen LogP contribution in [0.4, 0.5) is 0 Å². The van der Waals surface area contributed by atoms with Gasteiger partial charge in [-0.05, 0) is 12.1 Å². The van der Waals surface area contributed by atoms with Crippen molar-refractivity contribution in [1.82, 2.24) is 0 Å². The first-order chi connectivity index (χ1) is 6.08. The highest BCUT2D eigenvalue weighted by molar-refractivity contribution is 7.81. The number of carbonyl (C=O) groups excluding carboxylic acids is 1. The summed E-state index contributed by atoms with van der Waals surface area (Å²) < 4.78 is 5.09. The molecule has 0 spiro atoms. The van der Waals surface area contributed by atoms with Gasteiger partial charge in [-0.15, -0.1) is 12.6 Å². The first-order valence-electron chi connectivity index (χ1n) is 3.84. The number of aliphatic hydroxyl groups is 1. The fourth-order valence-electron chi connectivity index (χ4n) is 1.30. The predicted molar refractivity (Wildman–Crippen MR) is 50.0 cm³/mol. The Morgan fingerprint density at radius 2 is 2.15 bits per heavy atom. The summed E-state index contributed by atoms with van der Waals surface area (Å²) in [4.78, 5) is 11.4. The van der Waals surface area contributed by atoms with Crippen LogP contribution in [-0.2, 0) is 0 Å². The fraction of sp³-hybridized carbons (Fsp3) is 0.222. The van der Waals surface area contributed by atoms with Gasteiger partial charge in [0.25, 0.3) is 5.12 Å². The number of para-hydroxylation sites is 1. The summed E-state index contributed by atoms with van der Waals surface area (Å²) in [6.07, 6.45) is -0.118. The topological polar surface area (TPSA) is 46.5 Å². The smallest absolute Gasteiger partial charge is 0.262 e. The maximum Gasteiger partial charge on any atom is 0.262 e. The largest absolute Gasteiger partial charge is 0.452 e. The van der Waals surface area contributed by atoms with Gasteiger partial charge in [-0.2, -0.15) is 0 Å². The Kier molecular flexibility index (Phi) is 1.82. The van der Waals surface area contributed by atoms with Gasteiger partial charge >= 0.3 is 0 Å². The zero-order chi connectivity index (χ0) is 9.47. The molecule has 3 nitrogen and oxygen atoms in total. The number of ether oxygens (including phenoxy) is 1. The van der Waals surface area contributed by atoms with E-state index in [2.05, 4.69) is 12.6 Å². The molecule has 1 unspecified atom stereocenters. The van der Waals surface area contributed by atoms with Gasteiger partial charge in [0.2, 0.25) is 0 Å². The van der Waals surface area contributed by atoms with Gasteiger partial charge in [0.1, 0.15) is 5.75 Å². The molecule has 1 atom stereocenters. The number of ketones is 1. The summed E-state index contributed by atoms with van der Waals surface area (Å²) in [6, 6.07) is 6.79. The highest BCUT2D eigenvalue weighted by Crippen LogP contribution is 2.33. The molecule has 1 aliphatic heterocycles. The van der Waals surface area contributed by atoms with Crippen LogP contribution in [0.25, 0.3) is 0 Å². The number of thiol groups is 1. The molecule has 0 fully saturated rings. The van der Waals surface area contributed by atoms with Gasteiger partial charge in [-0.25, -0.2) is 0 Å². The van der Waals surface area contributed by atoms with Gasteiger partial charge in [0.15, 0.2) is 5.78 Å². The lowest BCUT2D eigenvalue weighted by Gasteiger charge is -2.28. The number of fused-ring (bicyclic) bond motifs is 1. The van der Waals surface area contributed by atoms with E-state index in [1.165, 1.54) is 0 Å². The summed E-state index contributed by atoms with van der Waals surface area (Å²) in [5.41, 5.74) is 0.501. The molecule has 1 N–H and O–H groups in total. The van der Waals surface area contributed by atoms with Crippen LogP contribution in [0.3, 0.4) is 0 Å². The van der Waals surface area contributed by atoms with Crippen molar-refractivity contribution < 1.29 is 14.6 Å². The van der Waals surface area contributed by atoms with Gasteiger partial charge < -0.3 is 9.84 Å². The Balaban J connectivity index is 2.49. The van der Waals surface area contributed by atoms with E-state index in [4.69, 9.17) is 4.74 Å². The van der Waals surface area contributed by atoms with Gasteiger partial charge in [0.05, 0.1) is 12.0 Å². The van der Waals surface area contributed by atoms with Crippen molar-refractivity contribution in [3.63, 3.8) is 0 Å². The molecule has 1 aliphatic rings. The SMILES string of the molecule is O=C1CC(O)(S)Oc2ccccc21. The van der Waals surface area contributed by atoms with Crippen LogP contribution in [0.15, 0.2) is 24.3 Å². The van der Waals surface area contributed by atoms with Crippen molar-refractivity contribution in [2.45, 2.75) is 11.5 Å². The number of rotatable bonds is 0. The predicted octanol–water partition coefficient (Wildman–Crippen LogP) is 1.23. The minimum atomic E-state index is -1.66. The third-order valence-electron chi connectivity index (χ3n) is 1.85. The Labute approximate surface area is 80.7 Å². The van der Waals surface area contributed by atoms with Crippen molar-refractivity contribution in [2.24, 2.45) is 0 Å². The molecule has 0 saturated heterocycles. The maximum atomic E-state index is 11.4. The highest BCUT2D eigenvalue weighted by atomic mass is 32.1. The number of Topliss-reactive ketones (excluding diaryl/α,β-unsaturated/α-hetero) is 1. The van der Waals surface area contributed by atoms with Crippen LogP contribution in [0.1, 0.15) is 16.8 Å². The van der Waals surface area contributed by atoms with Crippen LogP contribution >= 0.6 is 12.6 Å². The summed E-state index contributed by atoms with van der Waals surface area (Å²) in [7, 11) is 0. The zero-order valence-electron chi connectivity index (χ0n) is 6.73. The Morgan fingerprint density at radius 1 is 1.46 bits per heavy atom. The molecule has 0 radical (unpaired) electrons. The van der Waals surface area contributed by atoms with E-state index in [1.54, 1.807) is 24.3 Å². The van der Waals surface area contributed by atoms with Crippen molar-refractivity contribution in [1.29, 1.82) is 0 Å². The number of benzene rings is 1. The second kappa shape index (κ2) is 2.75. The summed E-state index contributed by atoms with van der Waals surface area (Å²) in [5, 5.41) is 7.75. The standard InChI is InChI=1S/C9H8O3S/c10-7-5-9(11,13)12-8-4-2-1-3-6(7)8/h1-4,11,13H,5H2. The van der Waals surface area contributed by atoms with Gasteiger partial charge in [-0.3, -0.25) is 4.79 Å². The maximum absolute atomic E-state index is 11.4. The van der Waals surface area contributed by atoms with E-state index >= 15 is 0 Å². The van der Waals surface area contributed by atoms with Crippen LogP contribution in [-0.4, -0.2) is 16.0 Å².